The molecule has 0 nitrogen and oxygen atoms in total. The second kappa shape index (κ2) is 5.19. The van der Waals surface area contributed by atoms with Gasteiger partial charge in [-0.25, -0.2) is 0 Å². The normalized spacial score (nSPS) is 11.3. The van der Waals surface area contributed by atoms with Gasteiger partial charge in [-0.15, -0.1) is 0 Å². The standard InChI is InChI=1S/C17H16Si/c1-2-7-14(8-3-1)13-18-17-12-6-10-15-9-4-5-11-16(15)17/h1-12H,13,18H2. The zero-order valence-corrected chi connectivity index (χ0v) is 11.8. The Morgan fingerprint density at radius 2 is 1.39 bits per heavy atom. The Labute approximate surface area is 110 Å². The lowest BCUT2D eigenvalue weighted by Gasteiger charge is -2.06. The van der Waals surface area contributed by atoms with Crippen molar-refractivity contribution in [1.29, 1.82) is 0 Å². The predicted octanol–water partition coefficient (Wildman–Crippen LogP) is 2.83. The number of fused-ring (bicyclic) bond motifs is 1. The molecule has 0 fully saturated rings. The minimum atomic E-state index is -0.232. The van der Waals surface area contributed by atoms with Crippen molar-refractivity contribution in [2.75, 3.05) is 0 Å². The molecule has 88 valence electrons. The zero-order valence-electron chi connectivity index (χ0n) is 10.3. The van der Waals surface area contributed by atoms with Gasteiger partial charge in [-0.1, -0.05) is 83.5 Å². The Kier molecular flexibility index (Phi) is 3.24. The summed E-state index contributed by atoms with van der Waals surface area (Å²) >= 11 is 0. The van der Waals surface area contributed by atoms with E-state index < -0.39 is 0 Å². The molecule has 0 atom stereocenters. The summed E-state index contributed by atoms with van der Waals surface area (Å²) in [6.07, 6.45) is 0. The summed E-state index contributed by atoms with van der Waals surface area (Å²) in [6, 6.07) is 27.5. The number of benzene rings is 3. The Morgan fingerprint density at radius 3 is 2.28 bits per heavy atom. The maximum atomic E-state index is 2.30. The van der Waals surface area contributed by atoms with Gasteiger partial charge in [0.1, 0.15) is 0 Å². The van der Waals surface area contributed by atoms with Gasteiger partial charge < -0.3 is 0 Å². The van der Waals surface area contributed by atoms with Crippen molar-refractivity contribution in [2.24, 2.45) is 0 Å². The lowest BCUT2D eigenvalue weighted by Crippen LogP contribution is -2.17. The summed E-state index contributed by atoms with van der Waals surface area (Å²) in [5.74, 6) is 0. The van der Waals surface area contributed by atoms with Crippen LogP contribution in [0.5, 0.6) is 0 Å². The van der Waals surface area contributed by atoms with E-state index in [1.807, 2.05) is 0 Å². The summed E-state index contributed by atoms with van der Waals surface area (Å²) in [4.78, 5) is 0. The fourth-order valence-corrected chi connectivity index (χ4v) is 4.22. The van der Waals surface area contributed by atoms with Crippen LogP contribution >= 0.6 is 0 Å². The molecule has 0 N–H and O–H groups in total. The highest BCUT2D eigenvalue weighted by atomic mass is 28.2. The minimum Gasteiger partial charge on any atom is -0.0630 e. The van der Waals surface area contributed by atoms with Crippen molar-refractivity contribution in [3.63, 3.8) is 0 Å². The SMILES string of the molecule is c1ccc(C[SiH2]c2cccc3ccccc23)cc1. The molecule has 0 saturated heterocycles. The van der Waals surface area contributed by atoms with Crippen LogP contribution in [0.3, 0.4) is 0 Å². The van der Waals surface area contributed by atoms with E-state index in [-0.39, 0.29) is 9.52 Å². The topological polar surface area (TPSA) is 0 Å². The van der Waals surface area contributed by atoms with Crippen LogP contribution in [0.1, 0.15) is 5.56 Å². The van der Waals surface area contributed by atoms with Crippen molar-refractivity contribution in [2.45, 2.75) is 6.04 Å². The van der Waals surface area contributed by atoms with E-state index in [1.165, 1.54) is 22.4 Å². The average Bonchev–Trinajstić information content (AvgIpc) is 2.46. The molecule has 0 aromatic heterocycles. The van der Waals surface area contributed by atoms with Gasteiger partial charge in [0.05, 0.1) is 9.52 Å². The summed E-state index contributed by atoms with van der Waals surface area (Å²) < 4.78 is 0. The number of hydrogen-bond acceptors (Lipinski definition) is 0. The molecule has 0 saturated carbocycles. The van der Waals surface area contributed by atoms with Crippen LogP contribution in [-0.2, 0) is 6.04 Å². The Hall–Kier alpha value is -1.86. The number of rotatable bonds is 3. The van der Waals surface area contributed by atoms with Gasteiger partial charge in [0.25, 0.3) is 0 Å². The molecule has 0 unspecified atom stereocenters. The first-order valence-electron chi connectivity index (χ1n) is 6.44. The van der Waals surface area contributed by atoms with Crippen LogP contribution in [0.15, 0.2) is 72.8 Å². The molecule has 0 aliphatic rings. The van der Waals surface area contributed by atoms with Gasteiger partial charge in [-0.3, -0.25) is 0 Å². The second-order valence-corrected chi connectivity index (χ2v) is 6.39. The maximum Gasteiger partial charge on any atom is 0.0598 e. The molecule has 18 heavy (non-hydrogen) atoms. The molecule has 0 radical (unpaired) electrons. The molecule has 0 aliphatic carbocycles. The van der Waals surface area contributed by atoms with Crippen molar-refractivity contribution in [3.05, 3.63) is 78.4 Å². The first-order chi connectivity index (χ1) is 8.93. The smallest absolute Gasteiger partial charge is 0.0598 e. The van der Waals surface area contributed by atoms with Crippen LogP contribution < -0.4 is 5.19 Å². The van der Waals surface area contributed by atoms with E-state index in [9.17, 15) is 0 Å². The lowest BCUT2D eigenvalue weighted by atomic mass is 10.1. The van der Waals surface area contributed by atoms with E-state index in [0.717, 1.165) is 0 Å². The monoisotopic (exact) mass is 248 g/mol. The third kappa shape index (κ3) is 2.36. The summed E-state index contributed by atoms with van der Waals surface area (Å²) in [5.41, 5.74) is 1.47. The van der Waals surface area contributed by atoms with E-state index in [2.05, 4.69) is 72.8 Å². The quantitative estimate of drug-likeness (QED) is 0.625. The summed E-state index contributed by atoms with van der Waals surface area (Å²) in [5, 5.41) is 4.40. The molecular formula is C17H16Si. The summed E-state index contributed by atoms with van der Waals surface area (Å²) in [7, 11) is -0.232. The van der Waals surface area contributed by atoms with E-state index in [4.69, 9.17) is 0 Å². The largest absolute Gasteiger partial charge is 0.0630 e. The fourth-order valence-electron chi connectivity index (χ4n) is 2.43. The fraction of sp³-hybridized carbons (Fsp3) is 0.0588. The van der Waals surface area contributed by atoms with Crippen LogP contribution in [0.25, 0.3) is 10.8 Å². The van der Waals surface area contributed by atoms with E-state index in [1.54, 1.807) is 5.19 Å². The first-order valence-corrected chi connectivity index (χ1v) is 8.15. The molecule has 0 aliphatic heterocycles. The van der Waals surface area contributed by atoms with E-state index >= 15 is 0 Å². The van der Waals surface area contributed by atoms with Gasteiger partial charge in [-0.2, -0.15) is 0 Å². The Morgan fingerprint density at radius 1 is 0.667 bits per heavy atom. The molecule has 3 rings (SSSR count). The molecule has 0 spiro atoms. The van der Waals surface area contributed by atoms with Crippen LogP contribution in [0.2, 0.25) is 0 Å². The number of hydrogen-bond donors (Lipinski definition) is 0. The van der Waals surface area contributed by atoms with Crippen LogP contribution in [0.4, 0.5) is 0 Å². The highest BCUT2D eigenvalue weighted by molar-refractivity contribution is 6.56. The van der Waals surface area contributed by atoms with Gasteiger partial charge in [0.15, 0.2) is 0 Å². The third-order valence-corrected chi connectivity index (χ3v) is 5.39. The van der Waals surface area contributed by atoms with Gasteiger partial charge in [0.2, 0.25) is 0 Å². The van der Waals surface area contributed by atoms with Crippen LogP contribution in [0, 0.1) is 0 Å². The van der Waals surface area contributed by atoms with Gasteiger partial charge >= 0.3 is 0 Å². The van der Waals surface area contributed by atoms with Gasteiger partial charge in [-0.05, 0) is 16.8 Å². The zero-order chi connectivity index (χ0) is 12.2. The molecule has 0 heterocycles. The summed E-state index contributed by atoms with van der Waals surface area (Å²) in [6.45, 7) is 0. The van der Waals surface area contributed by atoms with Gasteiger partial charge in [0, 0.05) is 0 Å². The molecule has 3 aromatic rings. The molecule has 3 aromatic carbocycles. The van der Waals surface area contributed by atoms with Crippen molar-refractivity contribution in [3.8, 4) is 0 Å². The Balaban J connectivity index is 1.87. The third-order valence-electron chi connectivity index (χ3n) is 3.41. The predicted molar refractivity (Wildman–Crippen MR) is 82.3 cm³/mol. The van der Waals surface area contributed by atoms with Crippen molar-refractivity contribution in [1.82, 2.24) is 0 Å². The molecular weight excluding hydrogens is 232 g/mol. The van der Waals surface area contributed by atoms with Crippen molar-refractivity contribution < 1.29 is 0 Å². The second-order valence-electron chi connectivity index (χ2n) is 4.62. The van der Waals surface area contributed by atoms with Crippen LogP contribution in [-0.4, -0.2) is 9.52 Å². The lowest BCUT2D eigenvalue weighted by molar-refractivity contribution is 1.39. The molecule has 0 bridgehead atoms. The molecule has 0 amide bonds. The maximum absolute atomic E-state index is 2.30. The minimum absolute atomic E-state index is 0.232. The Bertz CT molecular complexity index is 639. The van der Waals surface area contributed by atoms with Crippen molar-refractivity contribution >= 4 is 25.5 Å². The average molecular weight is 248 g/mol. The highest BCUT2D eigenvalue weighted by Crippen LogP contribution is 2.10. The molecule has 1 heteroatoms. The highest BCUT2D eigenvalue weighted by Gasteiger charge is 2.01. The van der Waals surface area contributed by atoms with E-state index in [0.29, 0.717) is 0 Å². The first kappa shape index (κ1) is 11.2.